The standard InChI is InChI=1S/C44H42N6O2/c1-43(2)35-15-9-11-17-37(35)46-39(43)25-21-32-27-49(5)28-33(41(32)31-13-7-6-8-14-31)22-26-40-44(3,4)36-16-10-12-18-38(36)50(40)42(51)52-29-30-19-23-34(24-20-30)47-48-45/h6-26H,27-29H2,1-5H3/b25-21+,33-22+,40-26+. The van der Waals surface area contributed by atoms with Gasteiger partial charge in [-0.1, -0.05) is 136 Å². The van der Waals surface area contributed by atoms with Crippen LogP contribution in [-0.4, -0.2) is 36.8 Å². The molecule has 3 aliphatic rings. The molecule has 7 rings (SSSR count). The Morgan fingerprint density at radius 1 is 0.846 bits per heavy atom. The highest BCUT2D eigenvalue weighted by molar-refractivity contribution is 6.09. The van der Waals surface area contributed by atoms with Gasteiger partial charge in [0.25, 0.3) is 0 Å². The van der Waals surface area contributed by atoms with Crippen molar-refractivity contribution in [2.75, 3.05) is 25.0 Å². The monoisotopic (exact) mass is 686 g/mol. The molecule has 0 spiro atoms. The summed E-state index contributed by atoms with van der Waals surface area (Å²) in [5.41, 5.74) is 20.1. The molecule has 8 heteroatoms. The predicted octanol–water partition coefficient (Wildman–Crippen LogP) is 10.9. The van der Waals surface area contributed by atoms with Crippen molar-refractivity contribution in [1.29, 1.82) is 0 Å². The minimum Gasteiger partial charge on any atom is -0.444 e. The summed E-state index contributed by atoms with van der Waals surface area (Å²) in [5, 5.41) is 3.63. The van der Waals surface area contributed by atoms with Crippen LogP contribution in [0, 0.1) is 0 Å². The van der Waals surface area contributed by atoms with Crippen LogP contribution in [0.2, 0.25) is 0 Å². The van der Waals surface area contributed by atoms with Crippen molar-refractivity contribution in [2.45, 2.75) is 45.1 Å². The number of hydrogen-bond acceptors (Lipinski definition) is 5. The number of amides is 1. The van der Waals surface area contributed by atoms with Gasteiger partial charge >= 0.3 is 6.09 Å². The number of fused-ring (bicyclic) bond motifs is 2. The number of rotatable bonds is 7. The van der Waals surface area contributed by atoms with Gasteiger partial charge in [-0.25, -0.2) is 9.69 Å². The van der Waals surface area contributed by atoms with E-state index in [2.05, 4.69) is 123 Å². The van der Waals surface area contributed by atoms with Crippen LogP contribution in [0.4, 0.5) is 21.9 Å². The molecule has 0 aliphatic carbocycles. The van der Waals surface area contributed by atoms with E-state index in [4.69, 9.17) is 15.3 Å². The quantitative estimate of drug-likeness (QED) is 0.110. The average Bonchev–Trinajstić information content (AvgIpc) is 3.54. The summed E-state index contributed by atoms with van der Waals surface area (Å²) < 4.78 is 5.91. The Kier molecular flexibility index (Phi) is 9.28. The Hall–Kier alpha value is -5.95. The zero-order valence-electron chi connectivity index (χ0n) is 30.2. The molecule has 1 amide bonds. The smallest absolute Gasteiger partial charge is 0.419 e. The van der Waals surface area contributed by atoms with E-state index in [0.29, 0.717) is 5.69 Å². The number of para-hydroxylation sites is 2. The molecule has 260 valence electrons. The number of aliphatic imine (C=N–C) groups is 1. The predicted molar refractivity (Wildman–Crippen MR) is 210 cm³/mol. The number of azide groups is 1. The van der Waals surface area contributed by atoms with E-state index in [1.165, 1.54) is 16.7 Å². The molecule has 0 unspecified atom stereocenters. The maximum atomic E-state index is 14.0. The van der Waals surface area contributed by atoms with Crippen LogP contribution in [0.15, 0.2) is 154 Å². The van der Waals surface area contributed by atoms with Crippen molar-refractivity contribution in [3.05, 3.63) is 177 Å². The van der Waals surface area contributed by atoms with Crippen molar-refractivity contribution in [3.63, 3.8) is 0 Å². The number of benzene rings is 4. The molecule has 8 nitrogen and oxygen atoms in total. The van der Waals surface area contributed by atoms with E-state index in [-0.39, 0.29) is 12.0 Å². The number of anilines is 1. The van der Waals surface area contributed by atoms with Gasteiger partial charge in [0, 0.05) is 40.2 Å². The molecular formula is C44H42N6O2. The van der Waals surface area contributed by atoms with Gasteiger partial charge in [-0.2, -0.15) is 0 Å². The minimum absolute atomic E-state index is 0.0808. The third-order valence-corrected chi connectivity index (χ3v) is 10.3. The van der Waals surface area contributed by atoms with E-state index in [0.717, 1.165) is 58.1 Å². The molecule has 3 aliphatic heterocycles. The lowest BCUT2D eigenvalue weighted by Gasteiger charge is -2.30. The fourth-order valence-electron chi connectivity index (χ4n) is 7.51. The highest BCUT2D eigenvalue weighted by Gasteiger charge is 2.43. The van der Waals surface area contributed by atoms with Gasteiger partial charge in [-0.15, -0.1) is 0 Å². The molecule has 0 radical (unpaired) electrons. The summed E-state index contributed by atoms with van der Waals surface area (Å²) in [7, 11) is 2.14. The summed E-state index contributed by atoms with van der Waals surface area (Å²) in [4.78, 5) is 25.9. The Bertz CT molecular complexity index is 2240. The summed E-state index contributed by atoms with van der Waals surface area (Å²) in [5.74, 6) is 0. The van der Waals surface area contributed by atoms with Crippen LogP contribution < -0.4 is 4.90 Å². The topological polar surface area (TPSA) is 93.9 Å². The third-order valence-electron chi connectivity index (χ3n) is 10.3. The van der Waals surface area contributed by atoms with Gasteiger partial charge in [0.05, 0.1) is 17.1 Å². The van der Waals surface area contributed by atoms with Crippen LogP contribution >= 0.6 is 0 Å². The molecule has 52 heavy (non-hydrogen) atoms. The van der Waals surface area contributed by atoms with E-state index < -0.39 is 11.5 Å². The fraction of sp³-hybridized carbons (Fsp3) is 0.227. The number of ether oxygens (including phenoxy) is 1. The van der Waals surface area contributed by atoms with Gasteiger partial charge in [0.15, 0.2) is 0 Å². The zero-order valence-corrected chi connectivity index (χ0v) is 30.2. The number of likely N-dealkylation sites (N-methyl/N-ethyl adjacent to an activating group) is 1. The molecule has 0 aromatic heterocycles. The van der Waals surface area contributed by atoms with Crippen LogP contribution in [0.25, 0.3) is 16.0 Å². The molecule has 0 saturated carbocycles. The lowest BCUT2D eigenvalue weighted by molar-refractivity contribution is 0.148. The van der Waals surface area contributed by atoms with Gasteiger partial charge in [0.2, 0.25) is 0 Å². The normalized spacial score (nSPS) is 19.1. The van der Waals surface area contributed by atoms with E-state index in [1.54, 1.807) is 29.2 Å². The Labute approximate surface area is 305 Å². The summed E-state index contributed by atoms with van der Waals surface area (Å²) in [6, 6.07) is 33.9. The molecule has 0 saturated heterocycles. The second-order valence-corrected chi connectivity index (χ2v) is 14.5. The van der Waals surface area contributed by atoms with Crippen molar-refractivity contribution in [3.8, 4) is 0 Å². The van der Waals surface area contributed by atoms with Crippen LogP contribution in [0.5, 0.6) is 0 Å². The van der Waals surface area contributed by atoms with E-state index >= 15 is 0 Å². The minimum atomic E-state index is -0.468. The molecule has 0 bridgehead atoms. The van der Waals surface area contributed by atoms with Crippen molar-refractivity contribution < 1.29 is 9.53 Å². The Morgan fingerprint density at radius 3 is 2.27 bits per heavy atom. The number of carbonyl (C=O) groups is 1. The molecule has 4 aromatic rings. The van der Waals surface area contributed by atoms with Crippen LogP contribution in [0.1, 0.15) is 49.9 Å². The van der Waals surface area contributed by atoms with E-state index in [1.807, 2.05) is 30.3 Å². The van der Waals surface area contributed by atoms with Gasteiger partial charge < -0.3 is 4.74 Å². The second-order valence-electron chi connectivity index (χ2n) is 14.5. The highest BCUT2D eigenvalue weighted by atomic mass is 16.6. The third kappa shape index (κ3) is 6.50. The molecular weight excluding hydrogens is 645 g/mol. The molecule has 0 atom stereocenters. The summed E-state index contributed by atoms with van der Waals surface area (Å²) in [6.45, 7) is 10.4. The van der Waals surface area contributed by atoms with Gasteiger partial charge in [0.1, 0.15) is 6.61 Å². The van der Waals surface area contributed by atoms with Crippen LogP contribution in [-0.2, 0) is 22.2 Å². The van der Waals surface area contributed by atoms with Crippen molar-refractivity contribution in [1.82, 2.24) is 4.90 Å². The van der Waals surface area contributed by atoms with Crippen LogP contribution in [0.3, 0.4) is 0 Å². The lowest BCUT2D eigenvalue weighted by Crippen LogP contribution is -2.32. The number of carbonyl (C=O) groups excluding carboxylic acids is 1. The van der Waals surface area contributed by atoms with Crippen molar-refractivity contribution >= 4 is 34.4 Å². The first kappa shape index (κ1) is 34.5. The summed E-state index contributed by atoms with van der Waals surface area (Å²) in [6.07, 6.45) is 8.24. The maximum absolute atomic E-state index is 14.0. The first-order valence-electron chi connectivity index (χ1n) is 17.5. The van der Waals surface area contributed by atoms with E-state index in [9.17, 15) is 4.79 Å². The van der Waals surface area contributed by atoms with Crippen molar-refractivity contribution in [2.24, 2.45) is 10.1 Å². The average molecular weight is 687 g/mol. The first-order valence-corrected chi connectivity index (χ1v) is 17.5. The van der Waals surface area contributed by atoms with Gasteiger partial charge in [-0.05, 0) is 75.8 Å². The Morgan fingerprint density at radius 2 is 1.54 bits per heavy atom. The second kappa shape index (κ2) is 14.0. The lowest BCUT2D eigenvalue weighted by atomic mass is 9.81. The Balaban J connectivity index is 1.27. The maximum Gasteiger partial charge on any atom is 0.419 e. The molecule has 3 heterocycles. The molecule has 0 N–H and O–H groups in total. The SMILES string of the molecule is CN1CC(/C=C/C2=Nc3ccccc3C2(C)C)=C(c2ccccc2)C(=C/C=C2/N(C(=O)OCc3ccc(N=[N+]=[N-])cc3)c3ccccc3C2(C)C)/C1. The number of hydrogen-bond donors (Lipinski definition) is 0. The summed E-state index contributed by atoms with van der Waals surface area (Å²) >= 11 is 0. The largest absolute Gasteiger partial charge is 0.444 e. The molecule has 0 fully saturated rings. The number of allylic oxidation sites excluding steroid dienone is 4. The zero-order chi connectivity index (χ0) is 36.5. The molecule has 4 aromatic carbocycles. The number of nitrogens with zero attached hydrogens (tertiary/aromatic N) is 6. The first-order chi connectivity index (χ1) is 25.1. The highest BCUT2D eigenvalue weighted by Crippen LogP contribution is 2.48. The fourth-order valence-corrected chi connectivity index (χ4v) is 7.51. The van der Waals surface area contributed by atoms with Gasteiger partial charge in [-0.3, -0.25) is 9.89 Å².